The number of nitrogens with one attached hydrogen (secondary N) is 1. The molecule has 0 aliphatic heterocycles. The number of aromatic carboxylic acids is 1. The van der Waals surface area contributed by atoms with Crippen molar-refractivity contribution in [1.29, 1.82) is 0 Å². The van der Waals surface area contributed by atoms with Crippen LogP contribution in [0.1, 0.15) is 17.3 Å². The van der Waals surface area contributed by atoms with Gasteiger partial charge in [-0.2, -0.15) is 0 Å². The number of rotatable bonds is 3. The maximum atomic E-state index is 10.6. The number of benzene rings is 1. The minimum atomic E-state index is -0.913. The molecule has 1 aromatic carbocycles. The number of halogens is 1. The van der Waals surface area contributed by atoms with Crippen molar-refractivity contribution < 1.29 is 9.90 Å². The predicted octanol–water partition coefficient (Wildman–Crippen LogP) is 2.58. The van der Waals surface area contributed by atoms with E-state index in [1.165, 1.54) is 0 Å². The van der Waals surface area contributed by atoms with Gasteiger partial charge >= 0.3 is 5.97 Å². The molecule has 0 fully saturated rings. The third-order valence-corrected chi connectivity index (χ3v) is 2.24. The van der Waals surface area contributed by atoms with Crippen molar-refractivity contribution in [2.24, 2.45) is 0 Å². The van der Waals surface area contributed by atoms with E-state index in [1.807, 2.05) is 6.92 Å². The zero-order valence-electron chi connectivity index (χ0n) is 7.17. The predicted molar refractivity (Wildman–Crippen MR) is 55.3 cm³/mol. The van der Waals surface area contributed by atoms with Gasteiger partial charge in [-0.1, -0.05) is 0 Å². The molecule has 1 rings (SSSR count). The normalized spacial score (nSPS) is 9.69. The van der Waals surface area contributed by atoms with Crippen molar-refractivity contribution >= 4 is 27.6 Å². The fraction of sp³-hybridized carbons (Fsp3) is 0.222. The van der Waals surface area contributed by atoms with E-state index in [-0.39, 0.29) is 5.56 Å². The number of anilines is 1. The molecule has 0 aromatic heterocycles. The number of hydrogen-bond acceptors (Lipinski definition) is 2. The van der Waals surface area contributed by atoms with Gasteiger partial charge in [0.15, 0.2) is 0 Å². The zero-order valence-corrected chi connectivity index (χ0v) is 8.76. The van der Waals surface area contributed by atoms with E-state index in [4.69, 9.17) is 5.11 Å². The molecule has 0 saturated carbocycles. The average molecular weight is 244 g/mol. The van der Waals surface area contributed by atoms with Crippen LogP contribution >= 0.6 is 15.9 Å². The summed E-state index contributed by atoms with van der Waals surface area (Å²) in [4.78, 5) is 10.6. The van der Waals surface area contributed by atoms with Crippen LogP contribution in [-0.4, -0.2) is 17.6 Å². The van der Waals surface area contributed by atoms with Gasteiger partial charge in [0.25, 0.3) is 0 Å². The van der Waals surface area contributed by atoms with Crippen molar-refractivity contribution in [3.8, 4) is 0 Å². The lowest BCUT2D eigenvalue weighted by Crippen LogP contribution is -2.00. The fourth-order valence-corrected chi connectivity index (χ4v) is 1.50. The summed E-state index contributed by atoms with van der Waals surface area (Å²) in [6.45, 7) is 2.79. The summed E-state index contributed by atoms with van der Waals surface area (Å²) in [6.07, 6.45) is 0. The van der Waals surface area contributed by atoms with E-state index in [9.17, 15) is 4.79 Å². The molecule has 0 heterocycles. The molecule has 0 saturated heterocycles. The van der Waals surface area contributed by atoms with E-state index in [0.717, 1.165) is 16.7 Å². The second-order valence-corrected chi connectivity index (χ2v) is 3.38. The van der Waals surface area contributed by atoms with Gasteiger partial charge in [0.1, 0.15) is 0 Å². The van der Waals surface area contributed by atoms with E-state index in [2.05, 4.69) is 21.2 Å². The minimum Gasteiger partial charge on any atom is -0.478 e. The third kappa shape index (κ3) is 2.45. The summed E-state index contributed by atoms with van der Waals surface area (Å²) < 4.78 is 0.772. The van der Waals surface area contributed by atoms with Crippen LogP contribution in [0.4, 0.5) is 5.69 Å². The molecule has 0 spiro atoms. The Hall–Kier alpha value is -1.03. The van der Waals surface area contributed by atoms with E-state index in [1.54, 1.807) is 18.2 Å². The summed E-state index contributed by atoms with van der Waals surface area (Å²) in [6, 6.07) is 4.91. The molecule has 0 radical (unpaired) electrons. The van der Waals surface area contributed by atoms with Crippen LogP contribution in [0.3, 0.4) is 0 Å². The lowest BCUT2D eigenvalue weighted by molar-refractivity contribution is 0.0697. The van der Waals surface area contributed by atoms with Crippen LogP contribution in [0, 0.1) is 0 Å². The second kappa shape index (κ2) is 4.28. The first kappa shape index (κ1) is 10.1. The largest absolute Gasteiger partial charge is 0.478 e. The fourth-order valence-electron chi connectivity index (χ4n) is 0.982. The summed E-state index contributed by atoms with van der Waals surface area (Å²) >= 11 is 3.29. The standard InChI is InChI=1S/C9H10BrNO2/c1-2-11-8-4-3-6(9(12)13)5-7(8)10/h3-5,11H,2H2,1H3,(H,12,13). The Morgan fingerprint density at radius 2 is 2.31 bits per heavy atom. The monoisotopic (exact) mass is 243 g/mol. The number of hydrogen-bond donors (Lipinski definition) is 2. The summed E-state index contributed by atoms with van der Waals surface area (Å²) in [5, 5.41) is 11.8. The van der Waals surface area contributed by atoms with Crippen molar-refractivity contribution in [1.82, 2.24) is 0 Å². The van der Waals surface area contributed by atoms with E-state index in [0.29, 0.717) is 0 Å². The molecule has 0 amide bonds. The quantitative estimate of drug-likeness (QED) is 0.859. The number of carboxylic acids is 1. The second-order valence-electron chi connectivity index (χ2n) is 2.53. The highest BCUT2D eigenvalue weighted by Gasteiger charge is 2.05. The van der Waals surface area contributed by atoms with Crippen molar-refractivity contribution in [2.45, 2.75) is 6.92 Å². The van der Waals surface area contributed by atoms with Crippen LogP contribution in [0.2, 0.25) is 0 Å². The molecule has 2 N–H and O–H groups in total. The molecule has 70 valence electrons. The van der Waals surface area contributed by atoms with Crippen molar-refractivity contribution in [3.05, 3.63) is 28.2 Å². The minimum absolute atomic E-state index is 0.286. The van der Waals surface area contributed by atoms with Crippen LogP contribution < -0.4 is 5.32 Å². The molecule has 1 aromatic rings. The Balaban J connectivity index is 2.98. The summed E-state index contributed by atoms with van der Waals surface area (Å²) in [7, 11) is 0. The van der Waals surface area contributed by atoms with E-state index >= 15 is 0 Å². The Labute approximate surface area is 84.9 Å². The van der Waals surface area contributed by atoms with Gasteiger partial charge in [-0.15, -0.1) is 0 Å². The first-order valence-corrected chi connectivity index (χ1v) is 4.71. The maximum Gasteiger partial charge on any atom is 0.335 e. The molecule has 0 aliphatic carbocycles. The van der Waals surface area contributed by atoms with Gasteiger partial charge in [0, 0.05) is 16.7 Å². The lowest BCUT2D eigenvalue weighted by Gasteiger charge is -2.06. The van der Waals surface area contributed by atoms with Crippen molar-refractivity contribution in [2.75, 3.05) is 11.9 Å². The van der Waals surface area contributed by atoms with Gasteiger partial charge in [0.05, 0.1) is 5.56 Å². The van der Waals surface area contributed by atoms with Crippen LogP contribution in [-0.2, 0) is 0 Å². The molecule has 0 aliphatic rings. The van der Waals surface area contributed by atoms with Gasteiger partial charge < -0.3 is 10.4 Å². The summed E-state index contributed by atoms with van der Waals surface area (Å²) in [5.74, 6) is -0.913. The number of carboxylic acid groups (broad SMARTS) is 1. The zero-order chi connectivity index (χ0) is 9.84. The Bertz CT molecular complexity index is 325. The maximum absolute atomic E-state index is 10.6. The lowest BCUT2D eigenvalue weighted by atomic mass is 10.2. The molecular weight excluding hydrogens is 234 g/mol. The SMILES string of the molecule is CCNc1ccc(C(=O)O)cc1Br. The Kier molecular flexibility index (Phi) is 3.31. The first-order valence-electron chi connectivity index (χ1n) is 3.92. The molecule has 13 heavy (non-hydrogen) atoms. The van der Waals surface area contributed by atoms with Crippen LogP contribution in [0.5, 0.6) is 0 Å². The Morgan fingerprint density at radius 1 is 1.62 bits per heavy atom. The molecule has 3 nitrogen and oxygen atoms in total. The van der Waals surface area contributed by atoms with Crippen LogP contribution in [0.15, 0.2) is 22.7 Å². The summed E-state index contributed by atoms with van der Waals surface area (Å²) in [5.41, 5.74) is 1.20. The van der Waals surface area contributed by atoms with Gasteiger partial charge in [-0.05, 0) is 41.1 Å². The highest BCUT2D eigenvalue weighted by Crippen LogP contribution is 2.23. The highest BCUT2D eigenvalue weighted by atomic mass is 79.9. The smallest absolute Gasteiger partial charge is 0.335 e. The van der Waals surface area contributed by atoms with Crippen LogP contribution in [0.25, 0.3) is 0 Å². The molecule has 4 heteroatoms. The van der Waals surface area contributed by atoms with Gasteiger partial charge in [-0.3, -0.25) is 0 Å². The third-order valence-electron chi connectivity index (χ3n) is 1.58. The topological polar surface area (TPSA) is 49.3 Å². The number of carbonyl (C=O) groups is 1. The average Bonchev–Trinajstić information content (AvgIpc) is 2.08. The molecule has 0 unspecified atom stereocenters. The first-order chi connectivity index (χ1) is 6.15. The van der Waals surface area contributed by atoms with E-state index < -0.39 is 5.97 Å². The van der Waals surface area contributed by atoms with Crippen molar-refractivity contribution in [3.63, 3.8) is 0 Å². The highest BCUT2D eigenvalue weighted by molar-refractivity contribution is 9.10. The molecule has 0 atom stereocenters. The molecule has 0 bridgehead atoms. The Morgan fingerprint density at radius 3 is 2.77 bits per heavy atom. The molecular formula is C9H10BrNO2. The van der Waals surface area contributed by atoms with Gasteiger partial charge in [-0.25, -0.2) is 4.79 Å². The van der Waals surface area contributed by atoms with Gasteiger partial charge in [0.2, 0.25) is 0 Å².